The number of nitrogens with one attached hydrogen (secondary N) is 2. The quantitative estimate of drug-likeness (QED) is 0.757. The summed E-state index contributed by atoms with van der Waals surface area (Å²) in [7, 11) is 1.58. The zero-order chi connectivity index (χ0) is 18.0. The van der Waals surface area contributed by atoms with Gasteiger partial charge in [-0.1, -0.05) is 0 Å². The molecule has 1 fully saturated rings. The topological polar surface area (TPSA) is 97.1 Å². The van der Waals surface area contributed by atoms with Crippen LogP contribution in [0.3, 0.4) is 0 Å². The van der Waals surface area contributed by atoms with Gasteiger partial charge >= 0.3 is 0 Å². The number of rotatable bonds is 5. The second-order valence-electron chi connectivity index (χ2n) is 6.20. The number of aromatic nitrogens is 4. The highest BCUT2D eigenvalue weighted by Gasteiger charge is 2.32. The smallest absolute Gasteiger partial charge is 0.237 e. The molecule has 2 N–H and O–H groups in total. The Hall–Kier alpha value is -2.68. The fourth-order valence-electron chi connectivity index (χ4n) is 3.30. The van der Waals surface area contributed by atoms with Gasteiger partial charge in [-0.15, -0.1) is 10.2 Å². The third-order valence-electron chi connectivity index (χ3n) is 4.61. The molecule has 25 heavy (non-hydrogen) atoms. The lowest BCUT2D eigenvalue weighted by Gasteiger charge is -2.34. The highest BCUT2D eigenvalue weighted by atomic mass is 16.2. The van der Waals surface area contributed by atoms with E-state index in [0.29, 0.717) is 19.6 Å². The normalized spacial score (nSPS) is 18.2. The Labute approximate surface area is 146 Å². The number of piperazine rings is 1. The van der Waals surface area contributed by atoms with E-state index in [4.69, 9.17) is 0 Å². The van der Waals surface area contributed by atoms with Crippen LogP contribution in [0, 0.1) is 13.8 Å². The van der Waals surface area contributed by atoms with Crippen LogP contribution in [0.15, 0.2) is 18.7 Å². The van der Waals surface area contributed by atoms with Crippen LogP contribution in [0.2, 0.25) is 0 Å². The van der Waals surface area contributed by atoms with Crippen LogP contribution >= 0.6 is 0 Å². The van der Waals surface area contributed by atoms with Crippen molar-refractivity contribution < 1.29 is 9.59 Å². The maximum Gasteiger partial charge on any atom is 0.237 e. The summed E-state index contributed by atoms with van der Waals surface area (Å²) in [5.41, 5.74) is 3.22. The van der Waals surface area contributed by atoms with Crippen molar-refractivity contribution in [2.24, 2.45) is 0 Å². The molecule has 0 spiro atoms. The van der Waals surface area contributed by atoms with Gasteiger partial charge in [-0.3, -0.25) is 19.2 Å². The number of nitrogens with zero attached hydrogens (tertiary/aromatic N) is 5. The highest BCUT2D eigenvalue weighted by Crippen LogP contribution is 2.20. The van der Waals surface area contributed by atoms with Gasteiger partial charge in [0.05, 0.1) is 12.5 Å². The standard InChI is InChI=1S/C16H23N7O2/c1-11-6-13(12(2)23(11)22-9-19-20-10-22)8-21-5-4-18-16(25)14(21)7-15(24)17-3/h6,9-10,14H,4-5,7-8H2,1-3H3,(H,17,24)(H,18,25)/t14-/m1/s1. The summed E-state index contributed by atoms with van der Waals surface area (Å²) in [5.74, 6) is -0.232. The largest absolute Gasteiger partial charge is 0.359 e. The molecule has 0 bridgehead atoms. The van der Waals surface area contributed by atoms with Gasteiger partial charge in [0.1, 0.15) is 12.7 Å². The zero-order valence-electron chi connectivity index (χ0n) is 14.7. The second kappa shape index (κ2) is 7.06. The number of amides is 2. The predicted molar refractivity (Wildman–Crippen MR) is 90.6 cm³/mol. The molecule has 2 aromatic rings. The number of aryl methyl sites for hydroxylation is 1. The molecule has 0 saturated carbocycles. The van der Waals surface area contributed by atoms with E-state index < -0.39 is 6.04 Å². The molecule has 0 aromatic carbocycles. The molecular formula is C16H23N7O2. The molecule has 0 aliphatic carbocycles. The average molecular weight is 345 g/mol. The van der Waals surface area contributed by atoms with Crippen molar-refractivity contribution in [3.05, 3.63) is 35.7 Å². The van der Waals surface area contributed by atoms with Crippen molar-refractivity contribution >= 4 is 11.8 Å². The van der Waals surface area contributed by atoms with Crippen LogP contribution in [0.1, 0.15) is 23.4 Å². The van der Waals surface area contributed by atoms with Gasteiger partial charge in [0.15, 0.2) is 0 Å². The molecule has 1 atom stereocenters. The molecule has 1 aliphatic rings. The van der Waals surface area contributed by atoms with Crippen LogP contribution in [0.5, 0.6) is 0 Å². The van der Waals surface area contributed by atoms with Gasteiger partial charge in [0.25, 0.3) is 0 Å². The summed E-state index contributed by atoms with van der Waals surface area (Å²) in [4.78, 5) is 26.1. The lowest BCUT2D eigenvalue weighted by atomic mass is 10.1. The minimum absolute atomic E-state index is 0.0949. The molecule has 3 heterocycles. The van der Waals surface area contributed by atoms with Crippen LogP contribution < -0.4 is 10.6 Å². The van der Waals surface area contributed by atoms with E-state index in [-0.39, 0.29) is 18.2 Å². The molecule has 3 rings (SSSR count). The summed E-state index contributed by atoms with van der Waals surface area (Å²) in [5, 5.41) is 13.1. The summed E-state index contributed by atoms with van der Waals surface area (Å²) in [6.07, 6.45) is 3.45. The lowest BCUT2D eigenvalue weighted by Crippen LogP contribution is -2.56. The molecule has 1 saturated heterocycles. The van der Waals surface area contributed by atoms with Crippen molar-refractivity contribution in [3.63, 3.8) is 0 Å². The van der Waals surface area contributed by atoms with Crippen molar-refractivity contribution in [3.8, 4) is 0 Å². The van der Waals surface area contributed by atoms with Crippen molar-refractivity contribution in [2.75, 3.05) is 20.1 Å². The van der Waals surface area contributed by atoms with Crippen molar-refractivity contribution in [2.45, 2.75) is 32.9 Å². The summed E-state index contributed by atoms with van der Waals surface area (Å²) < 4.78 is 3.84. The fourth-order valence-corrected chi connectivity index (χ4v) is 3.30. The van der Waals surface area contributed by atoms with Gasteiger partial charge in [0.2, 0.25) is 11.8 Å². The Kier molecular flexibility index (Phi) is 4.84. The van der Waals surface area contributed by atoms with Gasteiger partial charge in [-0.25, -0.2) is 4.68 Å². The molecule has 9 heteroatoms. The third-order valence-corrected chi connectivity index (χ3v) is 4.61. The molecule has 2 amide bonds. The van der Waals surface area contributed by atoms with E-state index in [1.807, 2.05) is 23.2 Å². The Bertz CT molecular complexity index is 766. The Balaban J connectivity index is 1.84. The van der Waals surface area contributed by atoms with Crippen LogP contribution in [-0.2, 0) is 16.1 Å². The minimum atomic E-state index is -0.452. The first kappa shape index (κ1) is 17.2. The first-order valence-electron chi connectivity index (χ1n) is 8.26. The van der Waals surface area contributed by atoms with Crippen molar-refractivity contribution in [1.29, 1.82) is 0 Å². The Morgan fingerprint density at radius 3 is 2.76 bits per heavy atom. The van der Waals surface area contributed by atoms with E-state index in [9.17, 15) is 9.59 Å². The molecule has 0 unspecified atom stereocenters. The SMILES string of the molecule is CNC(=O)C[C@@H]1C(=O)NCCN1Cc1cc(C)n(-n2cnnc2)c1C. The number of hydrogen-bond acceptors (Lipinski definition) is 5. The average Bonchev–Trinajstić information content (AvgIpc) is 3.19. The van der Waals surface area contributed by atoms with Crippen LogP contribution in [0.4, 0.5) is 0 Å². The van der Waals surface area contributed by atoms with E-state index >= 15 is 0 Å². The van der Waals surface area contributed by atoms with Crippen LogP contribution in [-0.4, -0.2) is 62.4 Å². The number of carbonyl (C=O) groups excluding carboxylic acids is 2. The second-order valence-corrected chi connectivity index (χ2v) is 6.20. The fraction of sp³-hybridized carbons (Fsp3) is 0.500. The summed E-state index contributed by atoms with van der Waals surface area (Å²) in [6.45, 7) is 5.95. The van der Waals surface area contributed by atoms with E-state index in [1.165, 1.54) is 0 Å². The van der Waals surface area contributed by atoms with Gasteiger partial charge < -0.3 is 10.6 Å². The molecule has 134 valence electrons. The molecule has 1 aliphatic heterocycles. The maximum atomic E-state index is 12.2. The van der Waals surface area contributed by atoms with Crippen molar-refractivity contribution in [1.82, 2.24) is 35.1 Å². The van der Waals surface area contributed by atoms with E-state index in [1.54, 1.807) is 19.7 Å². The minimum Gasteiger partial charge on any atom is -0.359 e. The molecule has 2 aromatic heterocycles. The van der Waals surface area contributed by atoms with Gasteiger partial charge in [0, 0.05) is 38.1 Å². The summed E-state index contributed by atoms with van der Waals surface area (Å²) in [6, 6.07) is 1.64. The van der Waals surface area contributed by atoms with Gasteiger partial charge in [-0.2, -0.15) is 0 Å². The monoisotopic (exact) mass is 345 g/mol. The first-order chi connectivity index (χ1) is 12.0. The van der Waals surface area contributed by atoms with Gasteiger partial charge in [-0.05, 0) is 25.5 Å². The van der Waals surface area contributed by atoms with Crippen LogP contribution in [0.25, 0.3) is 0 Å². The zero-order valence-corrected chi connectivity index (χ0v) is 14.7. The third kappa shape index (κ3) is 3.41. The lowest BCUT2D eigenvalue weighted by molar-refractivity contribution is -0.134. The number of hydrogen-bond donors (Lipinski definition) is 2. The molecule has 9 nitrogen and oxygen atoms in total. The Morgan fingerprint density at radius 2 is 2.08 bits per heavy atom. The number of carbonyl (C=O) groups is 2. The molecular weight excluding hydrogens is 322 g/mol. The van der Waals surface area contributed by atoms with E-state index in [2.05, 4.69) is 31.8 Å². The summed E-state index contributed by atoms with van der Waals surface area (Å²) >= 11 is 0. The first-order valence-corrected chi connectivity index (χ1v) is 8.26. The Morgan fingerprint density at radius 1 is 1.36 bits per heavy atom. The highest BCUT2D eigenvalue weighted by molar-refractivity contribution is 5.88. The molecule has 0 radical (unpaired) electrons. The van der Waals surface area contributed by atoms with E-state index in [0.717, 1.165) is 17.0 Å². The predicted octanol–water partition coefficient (Wildman–Crippen LogP) is -0.556. The maximum absolute atomic E-state index is 12.2.